The minimum atomic E-state index is -3.23. The molecule has 0 aliphatic carbocycles. The quantitative estimate of drug-likeness (QED) is 0.688. The Morgan fingerprint density at radius 3 is 2.78 bits per heavy atom. The average molecular weight is 389 g/mol. The van der Waals surface area contributed by atoms with Gasteiger partial charge in [0.2, 0.25) is 5.52 Å². The molecule has 2 aromatic heterocycles. The Hall–Kier alpha value is -2.72. The Morgan fingerprint density at radius 1 is 1.30 bits per heavy atom. The van der Waals surface area contributed by atoms with Gasteiger partial charge < -0.3 is 15.0 Å². The Bertz CT molecular complexity index is 1060. The molecule has 4 rings (SSSR count). The highest BCUT2D eigenvalue weighted by atomic mass is 32.2. The fourth-order valence-electron chi connectivity index (χ4n) is 3.02. The van der Waals surface area contributed by atoms with Crippen LogP contribution in [0.2, 0.25) is 0 Å². The van der Waals surface area contributed by atoms with Gasteiger partial charge >= 0.3 is 11.6 Å². The Kier molecular flexibility index (Phi) is 4.44. The van der Waals surface area contributed by atoms with Crippen LogP contribution in [0.5, 0.6) is 0 Å². The third kappa shape index (κ3) is 3.71. The van der Waals surface area contributed by atoms with E-state index < -0.39 is 9.84 Å². The third-order valence-corrected chi connectivity index (χ3v) is 5.52. The summed E-state index contributed by atoms with van der Waals surface area (Å²) in [5.74, 6) is 1.23. The molecule has 0 radical (unpaired) electrons. The highest BCUT2D eigenvalue weighted by Gasteiger charge is 2.24. The molecule has 3 N–H and O–H groups in total. The molecule has 3 heterocycles. The molecule has 0 amide bonds. The van der Waals surface area contributed by atoms with Crippen LogP contribution in [0.3, 0.4) is 0 Å². The molecule has 1 saturated heterocycles. The van der Waals surface area contributed by atoms with Gasteiger partial charge in [-0.3, -0.25) is 4.98 Å². The molecule has 27 heavy (non-hydrogen) atoms. The number of aromatic amines is 2. The van der Waals surface area contributed by atoms with Crippen molar-refractivity contribution >= 4 is 38.5 Å². The van der Waals surface area contributed by atoms with Crippen molar-refractivity contribution in [2.75, 3.05) is 36.2 Å². The molecule has 1 aliphatic rings. The van der Waals surface area contributed by atoms with E-state index >= 15 is 0 Å². The monoisotopic (exact) mass is 389 g/mol. The van der Waals surface area contributed by atoms with Crippen molar-refractivity contribution in [2.45, 2.75) is 17.9 Å². The number of benzene rings is 1. The topological polar surface area (TPSA) is 114 Å². The van der Waals surface area contributed by atoms with Crippen molar-refractivity contribution in [3.05, 3.63) is 30.6 Å². The summed E-state index contributed by atoms with van der Waals surface area (Å²) in [4.78, 5) is 17.8. The standard InChI is InChI=1S/C17H20N6O3S/c1-11-9-23(7-8-26-11)17-21-15-14(18-10-19-15)16(22-17)20-12-3-5-13(6-4-12)27(2,24)25/h3-6,10-11H,7-9H2,1-2H3,(H2,18,19,20,21,22)/p+1/t11-/m1/s1. The Labute approximate surface area is 156 Å². The SMILES string of the molecule is C[C@@H]1CN(c2nc(Nc3ccc(S(C)(=O)=O)cc3)c3[nH]c[nH+]c3n2)CCO1. The fourth-order valence-corrected chi connectivity index (χ4v) is 3.65. The first-order chi connectivity index (χ1) is 12.9. The van der Waals surface area contributed by atoms with E-state index in [-0.39, 0.29) is 11.0 Å². The van der Waals surface area contributed by atoms with E-state index in [0.717, 1.165) is 24.3 Å². The first-order valence-corrected chi connectivity index (χ1v) is 10.5. The number of nitrogens with zero attached hydrogens (tertiary/aromatic N) is 3. The first kappa shape index (κ1) is 17.7. The summed E-state index contributed by atoms with van der Waals surface area (Å²) in [7, 11) is -3.23. The van der Waals surface area contributed by atoms with E-state index in [1.807, 2.05) is 6.92 Å². The number of aromatic nitrogens is 4. The molecule has 1 aromatic carbocycles. The summed E-state index contributed by atoms with van der Waals surface area (Å²) < 4.78 is 28.8. The normalized spacial score (nSPS) is 18.0. The molecule has 9 nitrogen and oxygen atoms in total. The first-order valence-electron chi connectivity index (χ1n) is 8.60. The lowest BCUT2D eigenvalue weighted by atomic mass is 10.3. The predicted octanol–water partition coefficient (Wildman–Crippen LogP) is 1.14. The summed E-state index contributed by atoms with van der Waals surface area (Å²) in [5, 5.41) is 3.25. The van der Waals surface area contributed by atoms with E-state index in [1.165, 1.54) is 6.26 Å². The number of fused-ring (bicyclic) bond motifs is 1. The zero-order chi connectivity index (χ0) is 19.0. The second-order valence-corrected chi connectivity index (χ2v) is 8.59. The van der Waals surface area contributed by atoms with Crippen LogP contribution in [0.1, 0.15) is 6.92 Å². The summed E-state index contributed by atoms with van der Waals surface area (Å²) >= 11 is 0. The van der Waals surface area contributed by atoms with Crippen LogP contribution < -0.4 is 15.2 Å². The van der Waals surface area contributed by atoms with Gasteiger partial charge in [0.25, 0.3) is 0 Å². The summed E-state index contributed by atoms with van der Waals surface area (Å²) in [5.41, 5.74) is 2.17. The van der Waals surface area contributed by atoms with Gasteiger partial charge in [0, 0.05) is 25.0 Å². The maximum Gasteiger partial charge on any atom is 0.307 e. The van der Waals surface area contributed by atoms with E-state index in [2.05, 4.69) is 30.2 Å². The van der Waals surface area contributed by atoms with Crippen LogP contribution in [0, 0.1) is 0 Å². The van der Waals surface area contributed by atoms with Crippen LogP contribution in [-0.2, 0) is 14.6 Å². The number of nitrogens with one attached hydrogen (secondary N) is 3. The van der Waals surface area contributed by atoms with E-state index in [0.29, 0.717) is 24.0 Å². The van der Waals surface area contributed by atoms with Crippen molar-refractivity contribution in [2.24, 2.45) is 0 Å². The van der Waals surface area contributed by atoms with Crippen LogP contribution in [-0.4, -0.2) is 55.4 Å². The zero-order valence-electron chi connectivity index (χ0n) is 15.1. The van der Waals surface area contributed by atoms with Crippen molar-refractivity contribution in [1.29, 1.82) is 0 Å². The van der Waals surface area contributed by atoms with Gasteiger partial charge in [0.1, 0.15) is 0 Å². The predicted molar refractivity (Wildman–Crippen MR) is 101 cm³/mol. The molecule has 0 unspecified atom stereocenters. The van der Waals surface area contributed by atoms with Gasteiger partial charge in [-0.2, -0.15) is 4.98 Å². The van der Waals surface area contributed by atoms with E-state index in [1.54, 1.807) is 30.6 Å². The van der Waals surface area contributed by atoms with Crippen molar-refractivity contribution in [3.63, 3.8) is 0 Å². The maximum atomic E-state index is 11.6. The molecule has 10 heteroatoms. The lowest BCUT2D eigenvalue weighted by Gasteiger charge is -2.29. The number of imidazole rings is 1. The molecule has 3 aromatic rings. The van der Waals surface area contributed by atoms with Crippen LogP contribution in [0.15, 0.2) is 35.5 Å². The second kappa shape index (κ2) is 6.78. The van der Waals surface area contributed by atoms with Crippen LogP contribution in [0.4, 0.5) is 17.5 Å². The highest BCUT2D eigenvalue weighted by Crippen LogP contribution is 2.25. The van der Waals surface area contributed by atoms with E-state index in [4.69, 9.17) is 4.74 Å². The largest absolute Gasteiger partial charge is 0.375 e. The number of rotatable bonds is 4. The third-order valence-electron chi connectivity index (χ3n) is 4.39. The maximum absolute atomic E-state index is 11.6. The van der Waals surface area contributed by atoms with Gasteiger partial charge in [-0.05, 0) is 31.2 Å². The van der Waals surface area contributed by atoms with Crippen LogP contribution in [0.25, 0.3) is 11.2 Å². The molecule has 1 atom stereocenters. The number of anilines is 3. The van der Waals surface area contributed by atoms with Gasteiger partial charge in [-0.15, -0.1) is 0 Å². The number of sulfone groups is 1. The summed E-state index contributed by atoms with van der Waals surface area (Å²) in [6.45, 7) is 4.10. The molecular formula is C17H21N6O3S+. The molecule has 1 fully saturated rings. The number of hydrogen-bond acceptors (Lipinski definition) is 7. The van der Waals surface area contributed by atoms with Gasteiger partial charge in [-0.25, -0.2) is 13.4 Å². The van der Waals surface area contributed by atoms with Crippen molar-refractivity contribution < 1.29 is 18.1 Å². The molecular weight excluding hydrogens is 368 g/mol. The summed E-state index contributed by atoms with van der Waals surface area (Å²) in [6, 6.07) is 6.57. The van der Waals surface area contributed by atoms with E-state index in [9.17, 15) is 8.42 Å². The van der Waals surface area contributed by atoms with Crippen LogP contribution >= 0.6 is 0 Å². The Morgan fingerprint density at radius 2 is 2.07 bits per heavy atom. The lowest BCUT2D eigenvalue weighted by Crippen LogP contribution is -2.42. The minimum absolute atomic E-state index is 0.119. The number of ether oxygens (including phenoxy) is 1. The van der Waals surface area contributed by atoms with Crippen molar-refractivity contribution in [1.82, 2.24) is 15.0 Å². The zero-order valence-corrected chi connectivity index (χ0v) is 15.9. The minimum Gasteiger partial charge on any atom is -0.375 e. The molecule has 0 saturated carbocycles. The number of hydrogen-bond donors (Lipinski definition) is 2. The molecule has 142 valence electrons. The second-order valence-electron chi connectivity index (χ2n) is 6.58. The Balaban J connectivity index is 1.67. The van der Waals surface area contributed by atoms with Gasteiger partial charge in [0.15, 0.2) is 22.0 Å². The molecule has 0 spiro atoms. The highest BCUT2D eigenvalue weighted by molar-refractivity contribution is 7.90. The molecule has 1 aliphatic heterocycles. The molecule has 0 bridgehead atoms. The summed E-state index contributed by atoms with van der Waals surface area (Å²) in [6.07, 6.45) is 3.00. The number of H-pyrrole nitrogens is 2. The average Bonchev–Trinajstić information content (AvgIpc) is 3.10. The fraction of sp³-hybridized carbons (Fsp3) is 0.353. The smallest absolute Gasteiger partial charge is 0.307 e. The van der Waals surface area contributed by atoms with Gasteiger partial charge in [0.05, 0.1) is 17.6 Å². The van der Waals surface area contributed by atoms with Crippen molar-refractivity contribution in [3.8, 4) is 0 Å². The van der Waals surface area contributed by atoms with Gasteiger partial charge in [-0.1, -0.05) is 4.98 Å². The lowest BCUT2D eigenvalue weighted by molar-refractivity contribution is -0.347. The number of morpholine rings is 1.